The number of carboxylic acid groups (broad SMARTS) is 1. The fourth-order valence-electron chi connectivity index (χ4n) is 2.73. The molecule has 144 valence electrons. The fraction of sp³-hybridized carbons (Fsp3) is 0.500. The van der Waals surface area contributed by atoms with Crippen molar-refractivity contribution in [1.82, 2.24) is 0 Å². The molecule has 0 saturated carbocycles. The maximum Gasteiger partial charge on any atom is 0.335 e. The first-order chi connectivity index (χ1) is 12.6. The third kappa shape index (κ3) is 10.0. The highest BCUT2D eigenvalue weighted by Gasteiger charge is 2.07. The van der Waals surface area contributed by atoms with Crippen molar-refractivity contribution < 1.29 is 14.3 Å². The predicted molar refractivity (Wildman–Crippen MR) is 107 cm³/mol. The predicted octanol–water partition coefficient (Wildman–Crippen LogP) is 6.58. The van der Waals surface area contributed by atoms with Crippen LogP contribution in [0.3, 0.4) is 0 Å². The van der Waals surface area contributed by atoms with Crippen molar-refractivity contribution in [1.29, 1.82) is 0 Å². The van der Waals surface area contributed by atoms with Gasteiger partial charge in [0.1, 0.15) is 5.82 Å². The van der Waals surface area contributed by atoms with Gasteiger partial charge in [0.05, 0.1) is 11.3 Å². The van der Waals surface area contributed by atoms with Crippen LogP contribution in [0.4, 0.5) is 10.1 Å². The third-order valence-electron chi connectivity index (χ3n) is 4.27. The molecule has 1 aromatic carbocycles. The van der Waals surface area contributed by atoms with Crippen molar-refractivity contribution in [2.45, 2.75) is 64.2 Å². The van der Waals surface area contributed by atoms with Crippen LogP contribution in [0, 0.1) is 5.82 Å². The lowest BCUT2D eigenvalue weighted by molar-refractivity contribution is 0.0696. The minimum absolute atomic E-state index is 0.0345. The van der Waals surface area contributed by atoms with Gasteiger partial charge in [0.25, 0.3) is 0 Å². The van der Waals surface area contributed by atoms with E-state index in [0.29, 0.717) is 12.2 Å². The van der Waals surface area contributed by atoms with Gasteiger partial charge < -0.3 is 10.4 Å². The average Bonchev–Trinajstić information content (AvgIpc) is 2.63. The van der Waals surface area contributed by atoms with Crippen molar-refractivity contribution in [2.75, 3.05) is 11.9 Å². The van der Waals surface area contributed by atoms with E-state index in [-0.39, 0.29) is 5.56 Å². The van der Waals surface area contributed by atoms with Crippen LogP contribution in [-0.4, -0.2) is 17.6 Å². The van der Waals surface area contributed by atoms with Crippen LogP contribution in [0.25, 0.3) is 0 Å². The molecule has 0 heterocycles. The molecule has 0 fully saturated rings. The number of benzene rings is 1. The van der Waals surface area contributed by atoms with Crippen LogP contribution >= 0.6 is 0 Å². The zero-order valence-electron chi connectivity index (χ0n) is 15.7. The minimum Gasteiger partial charge on any atom is -0.478 e. The number of hydrogen-bond donors (Lipinski definition) is 2. The summed E-state index contributed by atoms with van der Waals surface area (Å²) in [6.07, 6.45) is 18.3. The maximum absolute atomic E-state index is 13.7. The van der Waals surface area contributed by atoms with Gasteiger partial charge in [0.2, 0.25) is 0 Å². The second-order valence-corrected chi connectivity index (χ2v) is 6.53. The summed E-state index contributed by atoms with van der Waals surface area (Å²) in [5.74, 6) is -1.64. The summed E-state index contributed by atoms with van der Waals surface area (Å²) in [5.41, 5.74) is 0.319. The molecule has 0 atom stereocenters. The van der Waals surface area contributed by atoms with Gasteiger partial charge in [0, 0.05) is 6.54 Å². The van der Waals surface area contributed by atoms with Crippen molar-refractivity contribution in [3.05, 3.63) is 54.4 Å². The third-order valence-corrected chi connectivity index (χ3v) is 4.27. The van der Waals surface area contributed by atoms with E-state index >= 15 is 0 Å². The lowest BCUT2D eigenvalue weighted by atomic mass is 10.1. The molecule has 26 heavy (non-hydrogen) atoms. The van der Waals surface area contributed by atoms with E-state index in [1.54, 1.807) is 0 Å². The number of halogens is 1. The molecular weight excluding hydrogens is 329 g/mol. The summed E-state index contributed by atoms with van der Waals surface area (Å²) in [4.78, 5) is 10.8. The standard InChI is InChI=1S/C22H32FNO2/c1-2-3-4-5-6-7-8-9-10-11-12-13-14-17-24-21-16-15-19(22(25)26)18-20(21)23/h2,11-12,15-16,18,24H,1,3-10,13-14,17H2,(H,25,26). The van der Waals surface area contributed by atoms with Crippen LogP contribution in [0.1, 0.15) is 74.6 Å². The Morgan fingerprint density at radius 1 is 1.00 bits per heavy atom. The molecule has 0 radical (unpaired) electrons. The van der Waals surface area contributed by atoms with Crippen LogP contribution in [0.5, 0.6) is 0 Å². The Labute approximate surface area is 157 Å². The molecule has 0 aliphatic carbocycles. The topological polar surface area (TPSA) is 49.3 Å². The number of rotatable bonds is 15. The van der Waals surface area contributed by atoms with Gasteiger partial charge in [-0.3, -0.25) is 0 Å². The number of anilines is 1. The average molecular weight is 362 g/mol. The summed E-state index contributed by atoms with van der Waals surface area (Å²) in [5, 5.41) is 11.8. The van der Waals surface area contributed by atoms with Gasteiger partial charge in [-0.2, -0.15) is 0 Å². The molecule has 3 nitrogen and oxygen atoms in total. The summed E-state index contributed by atoms with van der Waals surface area (Å²) >= 11 is 0. The summed E-state index contributed by atoms with van der Waals surface area (Å²) in [6.45, 7) is 4.40. The number of allylic oxidation sites excluding steroid dienone is 3. The highest BCUT2D eigenvalue weighted by atomic mass is 19.1. The van der Waals surface area contributed by atoms with Crippen molar-refractivity contribution in [3.63, 3.8) is 0 Å². The Hall–Kier alpha value is -2.10. The second kappa shape index (κ2) is 14.1. The lowest BCUT2D eigenvalue weighted by Crippen LogP contribution is -2.04. The number of hydrogen-bond acceptors (Lipinski definition) is 2. The van der Waals surface area contributed by atoms with Gasteiger partial charge in [0.15, 0.2) is 0 Å². The van der Waals surface area contributed by atoms with E-state index in [0.717, 1.165) is 31.7 Å². The Kier molecular flexibility index (Phi) is 11.9. The fourth-order valence-corrected chi connectivity index (χ4v) is 2.73. The Morgan fingerprint density at radius 3 is 2.23 bits per heavy atom. The van der Waals surface area contributed by atoms with Crippen LogP contribution in [0.2, 0.25) is 0 Å². The molecule has 2 N–H and O–H groups in total. The van der Waals surface area contributed by atoms with E-state index in [1.807, 2.05) is 6.08 Å². The smallest absolute Gasteiger partial charge is 0.335 e. The molecule has 0 aromatic heterocycles. The Bertz CT molecular complexity index is 569. The summed E-state index contributed by atoms with van der Waals surface area (Å²) < 4.78 is 13.7. The SMILES string of the molecule is C=CCCCCCCCCC=CCCCNc1ccc(C(=O)O)cc1F. The van der Waals surface area contributed by atoms with Gasteiger partial charge in [-0.15, -0.1) is 6.58 Å². The van der Waals surface area contributed by atoms with Crippen LogP contribution in [0.15, 0.2) is 43.0 Å². The highest BCUT2D eigenvalue weighted by Crippen LogP contribution is 2.16. The number of nitrogens with one attached hydrogen (secondary N) is 1. The maximum atomic E-state index is 13.7. The number of carboxylic acids is 1. The number of aromatic carboxylic acids is 1. The van der Waals surface area contributed by atoms with E-state index in [9.17, 15) is 9.18 Å². The monoisotopic (exact) mass is 361 g/mol. The molecule has 1 rings (SSSR count). The normalized spacial score (nSPS) is 11.0. The molecule has 0 amide bonds. The van der Waals surface area contributed by atoms with Crippen molar-refractivity contribution >= 4 is 11.7 Å². The number of carbonyl (C=O) groups is 1. The molecule has 0 unspecified atom stereocenters. The second-order valence-electron chi connectivity index (χ2n) is 6.53. The zero-order chi connectivity index (χ0) is 19.0. The molecule has 4 heteroatoms. The highest BCUT2D eigenvalue weighted by molar-refractivity contribution is 5.88. The summed E-state index contributed by atoms with van der Waals surface area (Å²) in [6, 6.07) is 3.93. The van der Waals surface area contributed by atoms with Crippen LogP contribution in [-0.2, 0) is 0 Å². The first-order valence-electron chi connectivity index (χ1n) is 9.67. The molecule has 0 saturated heterocycles. The molecule has 1 aromatic rings. The molecule has 0 aliphatic rings. The quantitative estimate of drug-likeness (QED) is 0.274. The van der Waals surface area contributed by atoms with Gasteiger partial charge in [-0.25, -0.2) is 9.18 Å². The molecule has 0 aliphatic heterocycles. The molecular formula is C22H32FNO2. The number of unbranched alkanes of at least 4 members (excludes halogenated alkanes) is 8. The first kappa shape index (κ1) is 21.9. The molecule has 0 spiro atoms. The Balaban J connectivity index is 2.01. The van der Waals surface area contributed by atoms with Gasteiger partial charge >= 0.3 is 5.97 Å². The lowest BCUT2D eigenvalue weighted by Gasteiger charge is -2.07. The van der Waals surface area contributed by atoms with Gasteiger partial charge in [-0.1, -0.05) is 43.9 Å². The van der Waals surface area contributed by atoms with E-state index < -0.39 is 11.8 Å². The van der Waals surface area contributed by atoms with Crippen LogP contribution < -0.4 is 5.32 Å². The van der Waals surface area contributed by atoms with E-state index in [2.05, 4.69) is 24.0 Å². The van der Waals surface area contributed by atoms with E-state index in [4.69, 9.17) is 5.11 Å². The van der Waals surface area contributed by atoms with Gasteiger partial charge in [-0.05, 0) is 56.7 Å². The summed E-state index contributed by atoms with van der Waals surface area (Å²) in [7, 11) is 0. The zero-order valence-corrected chi connectivity index (χ0v) is 15.7. The molecule has 0 bridgehead atoms. The minimum atomic E-state index is -1.12. The Morgan fingerprint density at radius 2 is 1.62 bits per heavy atom. The first-order valence-corrected chi connectivity index (χ1v) is 9.67. The van der Waals surface area contributed by atoms with E-state index in [1.165, 1.54) is 50.7 Å². The van der Waals surface area contributed by atoms with Crippen molar-refractivity contribution in [3.8, 4) is 0 Å². The van der Waals surface area contributed by atoms with Crippen molar-refractivity contribution in [2.24, 2.45) is 0 Å². The largest absolute Gasteiger partial charge is 0.478 e.